The van der Waals surface area contributed by atoms with Crippen LogP contribution in [0.1, 0.15) is 37.9 Å². The van der Waals surface area contributed by atoms with Crippen LogP contribution < -0.4 is 5.32 Å². The van der Waals surface area contributed by atoms with Gasteiger partial charge in [-0.05, 0) is 60.4 Å². The Labute approximate surface area is 117 Å². The lowest BCUT2D eigenvalue weighted by atomic mass is 9.69. The minimum atomic E-state index is -0.710. The van der Waals surface area contributed by atoms with Crippen molar-refractivity contribution < 1.29 is 9.90 Å². The topological polar surface area (TPSA) is 104 Å². The Kier molecular flexibility index (Phi) is 3.95. The molecule has 0 bridgehead atoms. The van der Waals surface area contributed by atoms with E-state index < -0.39 is 5.97 Å². The molecule has 2 heterocycles. The number of rotatable bonds is 4. The Bertz CT molecular complexity index is 450. The van der Waals surface area contributed by atoms with Crippen LogP contribution in [0.5, 0.6) is 0 Å². The minimum absolute atomic E-state index is 0.353. The zero-order valence-electron chi connectivity index (χ0n) is 11.5. The smallest absolute Gasteiger partial charge is 0.320 e. The molecule has 4 atom stereocenters. The number of hydrogen-bond donors (Lipinski definition) is 3. The van der Waals surface area contributed by atoms with Crippen molar-refractivity contribution in [2.45, 2.75) is 44.6 Å². The molecule has 3 rings (SSSR count). The van der Waals surface area contributed by atoms with E-state index in [1.807, 2.05) is 0 Å². The average molecular weight is 279 g/mol. The minimum Gasteiger partial charge on any atom is -0.480 e. The third-order valence-corrected chi connectivity index (χ3v) is 4.89. The Morgan fingerprint density at radius 1 is 1.30 bits per heavy atom. The van der Waals surface area contributed by atoms with Gasteiger partial charge in [-0.2, -0.15) is 0 Å². The van der Waals surface area contributed by atoms with Crippen molar-refractivity contribution in [3.63, 3.8) is 0 Å². The number of piperidine rings is 1. The fourth-order valence-corrected chi connectivity index (χ4v) is 3.74. The van der Waals surface area contributed by atoms with Gasteiger partial charge in [0.05, 0.1) is 0 Å². The SMILES string of the molecule is O=C(O)[C@@H]1CC2CC(CCc3nnn[nH]3)CCC2CN1. The fourth-order valence-electron chi connectivity index (χ4n) is 3.74. The van der Waals surface area contributed by atoms with E-state index in [0.29, 0.717) is 17.8 Å². The van der Waals surface area contributed by atoms with Crippen molar-refractivity contribution in [3.05, 3.63) is 5.82 Å². The Morgan fingerprint density at radius 3 is 2.95 bits per heavy atom. The lowest BCUT2D eigenvalue weighted by Gasteiger charge is -2.41. The molecule has 3 unspecified atom stereocenters. The summed E-state index contributed by atoms with van der Waals surface area (Å²) in [5.74, 6) is 2.03. The first-order valence-electron chi connectivity index (χ1n) is 7.41. The largest absolute Gasteiger partial charge is 0.480 e. The molecule has 1 saturated carbocycles. The standard InChI is InChI=1S/C13H21N5O2/c19-13(20)11-6-10-5-8(1-3-9(10)7-14-11)2-4-12-15-17-18-16-12/h8-11,14H,1-7H2,(H,19,20)(H,15,16,17,18)/t8?,9?,10?,11-/m0/s1. The molecule has 1 aromatic rings. The molecule has 1 saturated heterocycles. The molecule has 1 aromatic heterocycles. The summed E-state index contributed by atoms with van der Waals surface area (Å²) in [5.41, 5.74) is 0. The van der Waals surface area contributed by atoms with Gasteiger partial charge in [0.25, 0.3) is 0 Å². The highest BCUT2D eigenvalue weighted by molar-refractivity contribution is 5.73. The first-order valence-corrected chi connectivity index (χ1v) is 7.41. The zero-order valence-corrected chi connectivity index (χ0v) is 11.5. The number of carbonyl (C=O) groups is 1. The first-order chi connectivity index (χ1) is 9.72. The summed E-state index contributed by atoms with van der Waals surface area (Å²) in [5, 5.41) is 26.2. The van der Waals surface area contributed by atoms with Crippen LogP contribution in [-0.4, -0.2) is 44.3 Å². The van der Waals surface area contributed by atoms with Crippen LogP contribution in [0.3, 0.4) is 0 Å². The Balaban J connectivity index is 1.52. The van der Waals surface area contributed by atoms with Crippen molar-refractivity contribution in [1.82, 2.24) is 25.9 Å². The highest BCUT2D eigenvalue weighted by Crippen LogP contribution is 2.40. The second-order valence-corrected chi connectivity index (χ2v) is 6.12. The monoisotopic (exact) mass is 279 g/mol. The van der Waals surface area contributed by atoms with E-state index in [1.54, 1.807) is 0 Å². The van der Waals surface area contributed by atoms with Crippen molar-refractivity contribution >= 4 is 5.97 Å². The van der Waals surface area contributed by atoms with E-state index in [0.717, 1.165) is 38.1 Å². The lowest BCUT2D eigenvalue weighted by Crippen LogP contribution is -2.49. The number of aryl methyl sites for hydroxylation is 1. The maximum absolute atomic E-state index is 11.1. The van der Waals surface area contributed by atoms with Crippen LogP contribution in [0.25, 0.3) is 0 Å². The molecule has 0 aromatic carbocycles. The van der Waals surface area contributed by atoms with Gasteiger partial charge < -0.3 is 10.4 Å². The number of H-pyrrole nitrogens is 1. The molecule has 1 aliphatic heterocycles. The molecule has 0 radical (unpaired) electrons. The predicted octanol–water partition coefficient (Wildman–Crippen LogP) is 0.611. The van der Waals surface area contributed by atoms with Gasteiger partial charge in [0.15, 0.2) is 0 Å². The number of aromatic amines is 1. The van der Waals surface area contributed by atoms with Gasteiger partial charge in [0.2, 0.25) is 0 Å². The molecule has 20 heavy (non-hydrogen) atoms. The Hall–Kier alpha value is -1.50. The van der Waals surface area contributed by atoms with Crippen LogP contribution in [0.4, 0.5) is 0 Å². The van der Waals surface area contributed by atoms with E-state index >= 15 is 0 Å². The quantitative estimate of drug-likeness (QED) is 0.746. The van der Waals surface area contributed by atoms with Crippen molar-refractivity contribution in [2.75, 3.05) is 6.54 Å². The average Bonchev–Trinajstić information content (AvgIpc) is 2.97. The molecular weight excluding hydrogens is 258 g/mol. The Morgan fingerprint density at radius 2 is 2.20 bits per heavy atom. The molecule has 7 heteroatoms. The number of nitrogens with zero attached hydrogens (tertiary/aromatic N) is 3. The number of aromatic nitrogens is 4. The molecule has 0 amide bonds. The van der Waals surface area contributed by atoms with Crippen LogP contribution in [0.2, 0.25) is 0 Å². The van der Waals surface area contributed by atoms with Crippen LogP contribution >= 0.6 is 0 Å². The highest BCUT2D eigenvalue weighted by atomic mass is 16.4. The number of hydrogen-bond acceptors (Lipinski definition) is 5. The number of tetrazole rings is 1. The predicted molar refractivity (Wildman–Crippen MR) is 70.9 cm³/mol. The van der Waals surface area contributed by atoms with Gasteiger partial charge in [-0.3, -0.25) is 4.79 Å². The zero-order chi connectivity index (χ0) is 13.9. The summed E-state index contributed by atoms with van der Waals surface area (Å²) >= 11 is 0. The number of nitrogens with one attached hydrogen (secondary N) is 2. The number of aliphatic carboxylic acids is 1. The number of carboxylic acid groups (broad SMARTS) is 1. The second kappa shape index (κ2) is 5.87. The van der Waals surface area contributed by atoms with Crippen molar-refractivity contribution in [2.24, 2.45) is 17.8 Å². The molecule has 2 fully saturated rings. The number of fused-ring (bicyclic) bond motifs is 1. The molecule has 0 spiro atoms. The molecule has 3 N–H and O–H groups in total. The summed E-state index contributed by atoms with van der Waals surface area (Å²) in [4.78, 5) is 11.1. The maximum Gasteiger partial charge on any atom is 0.320 e. The van der Waals surface area contributed by atoms with E-state index in [4.69, 9.17) is 5.11 Å². The second-order valence-electron chi connectivity index (χ2n) is 6.12. The molecule has 1 aliphatic carbocycles. The third kappa shape index (κ3) is 2.98. The summed E-state index contributed by atoms with van der Waals surface area (Å²) in [6.07, 6.45) is 6.35. The van der Waals surface area contributed by atoms with E-state index in [2.05, 4.69) is 25.9 Å². The molecule has 2 aliphatic rings. The van der Waals surface area contributed by atoms with Crippen LogP contribution in [0, 0.1) is 17.8 Å². The summed E-state index contributed by atoms with van der Waals surface area (Å²) in [6, 6.07) is -0.353. The van der Waals surface area contributed by atoms with Gasteiger partial charge in [0.1, 0.15) is 11.9 Å². The fraction of sp³-hybridized carbons (Fsp3) is 0.846. The van der Waals surface area contributed by atoms with Gasteiger partial charge in [-0.1, -0.05) is 6.42 Å². The maximum atomic E-state index is 11.1. The van der Waals surface area contributed by atoms with Gasteiger partial charge in [-0.15, -0.1) is 5.10 Å². The molecular formula is C13H21N5O2. The molecule has 7 nitrogen and oxygen atoms in total. The first kappa shape index (κ1) is 13.5. The summed E-state index contributed by atoms with van der Waals surface area (Å²) < 4.78 is 0. The van der Waals surface area contributed by atoms with Crippen molar-refractivity contribution in [1.29, 1.82) is 0 Å². The van der Waals surface area contributed by atoms with Crippen LogP contribution in [-0.2, 0) is 11.2 Å². The summed E-state index contributed by atoms with van der Waals surface area (Å²) in [7, 11) is 0. The summed E-state index contributed by atoms with van der Waals surface area (Å²) in [6.45, 7) is 0.861. The van der Waals surface area contributed by atoms with Gasteiger partial charge >= 0.3 is 5.97 Å². The van der Waals surface area contributed by atoms with Crippen molar-refractivity contribution in [3.8, 4) is 0 Å². The van der Waals surface area contributed by atoms with Gasteiger partial charge in [0, 0.05) is 6.42 Å². The normalized spacial score (nSPS) is 33.6. The third-order valence-electron chi connectivity index (χ3n) is 4.89. The van der Waals surface area contributed by atoms with Gasteiger partial charge in [-0.25, -0.2) is 5.10 Å². The van der Waals surface area contributed by atoms with E-state index in [-0.39, 0.29) is 6.04 Å². The number of carboxylic acids is 1. The van der Waals surface area contributed by atoms with Crippen LogP contribution in [0.15, 0.2) is 0 Å². The molecule has 110 valence electrons. The van der Waals surface area contributed by atoms with E-state index in [9.17, 15) is 4.79 Å². The van der Waals surface area contributed by atoms with E-state index in [1.165, 1.54) is 12.8 Å². The lowest BCUT2D eigenvalue weighted by molar-refractivity contribution is -0.141. The highest BCUT2D eigenvalue weighted by Gasteiger charge is 2.37.